The van der Waals surface area contributed by atoms with Crippen LogP contribution in [0.1, 0.15) is 133 Å². The largest absolute Gasteiger partial charge is 0.462 e. The fourth-order valence-electron chi connectivity index (χ4n) is 7.29. The van der Waals surface area contributed by atoms with E-state index < -0.39 is 5.54 Å². The van der Waals surface area contributed by atoms with Gasteiger partial charge in [-0.05, 0) is 74.7 Å². The minimum absolute atomic E-state index is 0.0243. The molecule has 0 aromatic carbocycles. The molecule has 0 radical (unpaired) electrons. The molecule has 3 aliphatic heterocycles. The Balaban J connectivity index is 0.000000308. The second kappa shape index (κ2) is 12.2. The summed E-state index contributed by atoms with van der Waals surface area (Å²) in [5, 5.41) is 10.2. The standard InChI is InChI=1S/C19H35N3O2.C11H21NO2/c1-6-7-8-9-10-11-12-22-15(23)19(20-16(22)24)13-17(2,3)21-18(4,5)14-19;1-8(13)14-9-6-10(2,3)12-11(4,5)7-9/h21H,6-14H2,1-5H3,(H,20,24);9,12H,6-7H2,1-5H3. The fourth-order valence-corrected chi connectivity index (χ4v) is 7.29. The van der Waals surface area contributed by atoms with Crippen molar-refractivity contribution >= 4 is 17.9 Å². The van der Waals surface area contributed by atoms with Crippen LogP contribution in [0.2, 0.25) is 0 Å². The van der Waals surface area contributed by atoms with E-state index >= 15 is 0 Å². The van der Waals surface area contributed by atoms with Crippen molar-refractivity contribution in [3.05, 3.63) is 0 Å². The first-order valence-electron chi connectivity index (χ1n) is 14.7. The summed E-state index contributed by atoms with van der Waals surface area (Å²) in [4.78, 5) is 37.8. The van der Waals surface area contributed by atoms with Gasteiger partial charge in [0.15, 0.2) is 0 Å². The van der Waals surface area contributed by atoms with Gasteiger partial charge in [0.1, 0.15) is 11.6 Å². The van der Waals surface area contributed by atoms with Crippen molar-refractivity contribution in [2.45, 2.75) is 167 Å². The van der Waals surface area contributed by atoms with Crippen molar-refractivity contribution < 1.29 is 19.1 Å². The lowest BCUT2D eigenvalue weighted by atomic mass is 9.71. The highest BCUT2D eigenvalue weighted by Crippen LogP contribution is 2.39. The van der Waals surface area contributed by atoms with Gasteiger partial charge < -0.3 is 20.7 Å². The molecule has 3 amide bonds. The van der Waals surface area contributed by atoms with E-state index in [-0.39, 0.29) is 46.2 Å². The Bertz CT molecular complexity index is 817. The molecule has 0 aromatic heterocycles. The van der Waals surface area contributed by atoms with Crippen LogP contribution in [0.15, 0.2) is 0 Å². The normalized spacial score (nSPS) is 24.9. The quantitative estimate of drug-likeness (QED) is 0.217. The molecule has 0 bridgehead atoms. The molecule has 38 heavy (non-hydrogen) atoms. The number of carbonyl (C=O) groups excluding carboxylic acids is 3. The SMILES string of the molecule is CC(=O)OC1CC(C)(C)NC(C)(C)C1.CCCCCCCCN1C(=O)NC2(CC(C)(C)NC(C)(C)C2)C1=O. The summed E-state index contributed by atoms with van der Waals surface area (Å²) in [6, 6.07) is -0.206. The van der Waals surface area contributed by atoms with Crippen molar-refractivity contribution in [3.63, 3.8) is 0 Å². The average Bonchev–Trinajstić information content (AvgIpc) is 2.88. The number of piperidine rings is 2. The average molecular weight is 537 g/mol. The maximum Gasteiger partial charge on any atom is 0.325 e. The van der Waals surface area contributed by atoms with Gasteiger partial charge in [-0.2, -0.15) is 0 Å². The number of nitrogens with zero attached hydrogens (tertiary/aromatic N) is 1. The van der Waals surface area contributed by atoms with Gasteiger partial charge in [-0.1, -0.05) is 39.0 Å². The first-order valence-corrected chi connectivity index (χ1v) is 14.7. The van der Waals surface area contributed by atoms with Crippen molar-refractivity contribution in [1.29, 1.82) is 0 Å². The van der Waals surface area contributed by atoms with Gasteiger partial charge in [-0.25, -0.2) is 4.79 Å². The smallest absolute Gasteiger partial charge is 0.325 e. The van der Waals surface area contributed by atoms with Crippen LogP contribution < -0.4 is 16.0 Å². The Kier molecular flexibility index (Phi) is 10.5. The number of ether oxygens (including phenoxy) is 1. The second-order valence-corrected chi connectivity index (χ2v) is 14.5. The lowest BCUT2D eigenvalue weighted by Gasteiger charge is -2.50. The Labute approximate surface area is 231 Å². The molecule has 0 aliphatic carbocycles. The number of unbranched alkanes of at least 4 members (excludes halogenated alkanes) is 5. The minimum atomic E-state index is -0.739. The van der Waals surface area contributed by atoms with Gasteiger partial charge in [0.25, 0.3) is 5.91 Å². The zero-order valence-electron chi connectivity index (χ0n) is 25.9. The summed E-state index contributed by atoms with van der Waals surface area (Å²) < 4.78 is 5.28. The first-order chi connectivity index (χ1) is 17.3. The van der Waals surface area contributed by atoms with Crippen LogP contribution >= 0.6 is 0 Å². The van der Waals surface area contributed by atoms with Crippen LogP contribution in [0.3, 0.4) is 0 Å². The van der Waals surface area contributed by atoms with E-state index in [0.717, 1.165) is 25.7 Å². The van der Waals surface area contributed by atoms with E-state index in [1.807, 2.05) is 0 Å². The summed E-state index contributed by atoms with van der Waals surface area (Å²) in [6.07, 6.45) is 10.0. The number of urea groups is 1. The number of hydrogen-bond donors (Lipinski definition) is 3. The van der Waals surface area contributed by atoms with E-state index in [4.69, 9.17) is 4.74 Å². The van der Waals surface area contributed by atoms with Crippen molar-refractivity contribution in [3.8, 4) is 0 Å². The number of imide groups is 1. The molecule has 3 heterocycles. The summed E-state index contributed by atoms with van der Waals surface area (Å²) in [5.41, 5.74) is -1.01. The molecule has 3 saturated heterocycles. The van der Waals surface area contributed by atoms with Crippen LogP contribution in [0.25, 0.3) is 0 Å². The molecule has 1 spiro atoms. The summed E-state index contributed by atoms with van der Waals surface area (Å²) in [7, 11) is 0. The third kappa shape index (κ3) is 9.51. The number of carbonyl (C=O) groups is 3. The number of hydrogen-bond acceptors (Lipinski definition) is 6. The molecule has 8 heteroatoms. The predicted octanol–water partition coefficient (Wildman–Crippen LogP) is 5.44. The Morgan fingerprint density at radius 3 is 1.79 bits per heavy atom. The van der Waals surface area contributed by atoms with Gasteiger partial charge in [-0.15, -0.1) is 0 Å². The number of nitrogens with one attached hydrogen (secondary N) is 3. The van der Waals surface area contributed by atoms with E-state index in [2.05, 4.69) is 78.3 Å². The van der Waals surface area contributed by atoms with Crippen molar-refractivity contribution in [1.82, 2.24) is 20.9 Å². The summed E-state index contributed by atoms with van der Waals surface area (Å²) >= 11 is 0. The second-order valence-electron chi connectivity index (χ2n) is 14.5. The van der Waals surface area contributed by atoms with Gasteiger partial charge >= 0.3 is 12.0 Å². The topological polar surface area (TPSA) is 99.8 Å². The van der Waals surface area contributed by atoms with E-state index in [9.17, 15) is 14.4 Å². The van der Waals surface area contributed by atoms with E-state index in [1.165, 1.54) is 37.5 Å². The van der Waals surface area contributed by atoms with Crippen molar-refractivity contribution in [2.75, 3.05) is 6.54 Å². The molecule has 0 aromatic rings. The lowest BCUT2D eigenvalue weighted by molar-refractivity contribution is -0.150. The molecule has 0 atom stereocenters. The molecule has 3 rings (SSSR count). The van der Waals surface area contributed by atoms with Gasteiger partial charge in [0.2, 0.25) is 0 Å². The molecule has 3 fully saturated rings. The van der Waals surface area contributed by atoms with Crippen LogP contribution in [-0.2, 0) is 14.3 Å². The Morgan fingerprint density at radius 1 is 0.816 bits per heavy atom. The molecule has 220 valence electrons. The molecule has 8 nitrogen and oxygen atoms in total. The van der Waals surface area contributed by atoms with E-state index in [1.54, 1.807) is 0 Å². The lowest BCUT2D eigenvalue weighted by Crippen LogP contribution is -2.68. The third-order valence-corrected chi connectivity index (χ3v) is 7.63. The minimum Gasteiger partial charge on any atom is -0.462 e. The highest BCUT2D eigenvalue weighted by Gasteiger charge is 2.58. The monoisotopic (exact) mass is 536 g/mol. The van der Waals surface area contributed by atoms with Crippen LogP contribution in [0.5, 0.6) is 0 Å². The molecular weight excluding hydrogens is 480 g/mol. The summed E-state index contributed by atoms with van der Waals surface area (Å²) in [5.74, 6) is -0.202. The first kappa shape index (κ1) is 32.5. The number of esters is 1. The molecule has 0 saturated carbocycles. The third-order valence-electron chi connectivity index (χ3n) is 7.63. The Hall–Kier alpha value is -1.67. The maximum atomic E-state index is 13.0. The zero-order chi connectivity index (χ0) is 29.0. The van der Waals surface area contributed by atoms with Gasteiger partial charge in [-0.3, -0.25) is 14.5 Å². The molecule has 0 unspecified atom stereocenters. The number of rotatable bonds is 8. The number of amides is 3. The summed E-state index contributed by atoms with van der Waals surface area (Å²) in [6.45, 7) is 21.2. The highest BCUT2D eigenvalue weighted by atomic mass is 16.5. The van der Waals surface area contributed by atoms with E-state index in [0.29, 0.717) is 19.4 Å². The fraction of sp³-hybridized carbons (Fsp3) is 0.900. The highest BCUT2D eigenvalue weighted by molar-refractivity contribution is 6.07. The van der Waals surface area contributed by atoms with Crippen LogP contribution in [0, 0.1) is 0 Å². The Morgan fingerprint density at radius 2 is 1.29 bits per heavy atom. The molecule has 3 N–H and O–H groups in total. The zero-order valence-corrected chi connectivity index (χ0v) is 25.9. The van der Waals surface area contributed by atoms with Crippen molar-refractivity contribution in [2.24, 2.45) is 0 Å². The molecule has 3 aliphatic rings. The van der Waals surface area contributed by atoms with Crippen LogP contribution in [-0.4, -0.2) is 63.2 Å². The van der Waals surface area contributed by atoms with Gasteiger partial charge in [0.05, 0.1) is 0 Å². The molecular formula is C30H56N4O4. The van der Waals surface area contributed by atoms with Gasteiger partial charge in [0, 0.05) is 48.5 Å². The predicted molar refractivity (Wildman–Crippen MR) is 153 cm³/mol. The maximum absolute atomic E-state index is 13.0. The van der Waals surface area contributed by atoms with Crippen LogP contribution in [0.4, 0.5) is 4.79 Å².